The fraction of sp³-hybridized carbons (Fsp3) is 0.200. The molecule has 1 aromatic heterocycles. The first-order valence-electron chi connectivity index (χ1n) is 5.98. The minimum Gasteiger partial charge on any atom is -0.465 e. The summed E-state index contributed by atoms with van der Waals surface area (Å²) in [6.07, 6.45) is 10.8. The van der Waals surface area contributed by atoms with Gasteiger partial charge in [0.1, 0.15) is 11.4 Å². The van der Waals surface area contributed by atoms with E-state index < -0.39 is 0 Å². The molecular formula is C15H18N2O2. The molecule has 0 aromatic carbocycles. The molecule has 0 aliphatic carbocycles. The number of nitrogens with zero attached hydrogens (tertiary/aromatic N) is 1. The van der Waals surface area contributed by atoms with Gasteiger partial charge in [-0.2, -0.15) is 0 Å². The largest absolute Gasteiger partial charge is 0.465 e. The van der Waals surface area contributed by atoms with E-state index in [-0.39, 0.29) is 5.91 Å². The lowest BCUT2D eigenvalue weighted by atomic mass is 10.2. The molecule has 1 amide bonds. The molecule has 0 saturated carbocycles. The number of hydrogen-bond donors (Lipinski definition) is 1. The molecule has 0 spiro atoms. The SMILES string of the molecule is C\C=C/C(C)=C\C=C\Oc1ccnc(C(=O)NC)c1. The number of rotatable bonds is 5. The molecule has 0 bridgehead atoms. The number of carbonyl (C=O) groups is 1. The molecule has 0 atom stereocenters. The molecule has 1 rings (SSSR count). The van der Waals surface area contributed by atoms with Gasteiger partial charge in [-0.05, 0) is 26.0 Å². The van der Waals surface area contributed by atoms with Crippen LogP contribution in [0.1, 0.15) is 24.3 Å². The Balaban J connectivity index is 2.66. The van der Waals surface area contributed by atoms with Crippen LogP contribution in [0, 0.1) is 0 Å². The normalized spacial score (nSPS) is 12.1. The highest BCUT2D eigenvalue weighted by Crippen LogP contribution is 2.11. The summed E-state index contributed by atoms with van der Waals surface area (Å²) in [5.74, 6) is 0.334. The number of ether oxygens (including phenoxy) is 1. The maximum Gasteiger partial charge on any atom is 0.269 e. The Kier molecular flexibility index (Phi) is 6.09. The molecule has 0 aliphatic heterocycles. The van der Waals surface area contributed by atoms with Gasteiger partial charge >= 0.3 is 0 Å². The number of carbonyl (C=O) groups excluding carboxylic acids is 1. The van der Waals surface area contributed by atoms with Crippen molar-refractivity contribution in [2.24, 2.45) is 0 Å². The van der Waals surface area contributed by atoms with Crippen LogP contribution >= 0.6 is 0 Å². The Morgan fingerprint density at radius 2 is 2.26 bits per heavy atom. The molecule has 0 aliphatic rings. The van der Waals surface area contributed by atoms with Crippen molar-refractivity contribution in [1.29, 1.82) is 0 Å². The van der Waals surface area contributed by atoms with Crippen LogP contribution in [0.4, 0.5) is 0 Å². The minimum atomic E-state index is -0.238. The van der Waals surface area contributed by atoms with Crippen LogP contribution in [0.5, 0.6) is 5.75 Å². The zero-order valence-corrected chi connectivity index (χ0v) is 11.4. The lowest BCUT2D eigenvalue weighted by Crippen LogP contribution is -2.18. The first-order valence-corrected chi connectivity index (χ1v) is 5.98. The number of hydrogen-bond acceptors (Lipinski definition) is 3. The van der Waals surface area contributed by atoms with Gasteiger partial charge in [-0.25, -0.2) is 0 Å². The standard InChI is InChI=1S/C15H18N2O2/c1-4-6-12(2)7-5-10-19-13-8-9-17-14(11-13)15(18)16-3/h4-11H,1-3H3,(H,16,18)/b6-4-,10-5+,12-7-. The predicted octanol–water partition coefficient (Wildman–Crippen LogP) is 2.86. The first-order chi connectivity index (χ1) is 9.17. The van der Waals surface area contributed by atoms with Crippen molar-refractivity contribution in [2.45, 2.75) is 13.8 Å². The van der Waals surface area contributed by atoms with Gasteiger partial charge in [0.2, 0.25) is 0 Å². The summed E-state index contributed by atoms with van der Waals surface area (Å²) in [6.45, 7) is 3.97. The van der Waals surface area contributed by atoms with E-state index in [1.165, 1.54) is 6.20 Å². The van der Waals surface area contributed by atoms with Crippen molar-refractivity contribution in [2.75, 3.05) is 7.05 Å². The highest BCUT2D eigenvalue weighted by molar-refractivity contribution is 5.92. The molecule has 1 heterocycles. The molecule has 0 unspecified atom stereocenters. The Morgan fingerprint density at radius 1 is 1.47 bits per heavy atom. The van der Waals surface area contributed by atoms with E-state index in [1.807, 2.05) is 32.1 Å². The fourth-order valence-corrected chi connectivity index (χ4v) is 1.36. The van der Waals surface area contributed by atoms with Gasteiger partial charge in [-0.15, -0.1) is 0 Å². The average molecular weight is 258 g/mol. The molecular weight excluding hydrogens is 240 g/mol. The Labute approximate surface area is 113 Å². The maximum atomic E-state index is 11.4. The van der Waals surface area contributed by atoms with Crippen molar-refractivity contribution < 1.29 is 9.53 Å². The van der Waals surface area contributed by atoms with Gasteiger partial charge in [0, 0.05) is 19.3 Å². The van der Waals surface area contributed by atoms with Crippen LogP contribution in [0.3, 0.4) is 0 Å². The van der Waals surface area contributed by atoms with E-state index in [1.54, 1.807) is 31.5 Å². The first kappa shape index (κ1) is 14.7. The molecule has 19 heavy (non-hydrogen) atoms. The molecule has 100 valence electrons. The maximum absolute atomic E-state index is 11.4. The predicted molar refractivity (Wildman–Crippen MR) is 76.0 cm³/mol. The van der Waals surface area contributed by atoms with Gasteiger partial charge in [0.05, 0.1) is 6.26 Å². The third-order valence-corrected chi connectivity index (χ3v) is 2.26. The average Bonchev–Trinajstić information content (AvgIpc) is 2.43. The van der Waals surface area contributed by atoms with Crippen LogP contribution in [-0.2, 0) is 0 Å². The number of aromatic nitrogens is 1. The van der Waals surface area contributed by atoms with E-state index in [2.05, 4.69) is 10.3 Å². The smallest absolute Gasteiger partial charge is 0.269 e. The Hall–Kier alpha value is -2.36. The number of pyridine rings is 1. The lowest BCUT2D eigenvalue weighted by molar-refractivity contribution is 0.0958. The van der Waals surface area contributed by atoms with Crippen LogP contribution in [-0.4, -0.2) is 17.9 Å². The number of allylic oxidation sites excluding steroid dienone is 5. The molecule has 1 N–H and O–H groups in total. The van der Waals surface area contributed by atoms with Crippen molar-refractivity contribution in [3.63, 3.8) is 0 Å². The van der Waals surface area contributed by atoms with Crippen molar-refractivity contribution in [1.82, 2.24) is 10.3 Å². The molecule has 0 fully saturated rings. The van der Waals surface area contributed by atoms with Crippen LogP contribution in [0.2, 0.25) is 0 Å². The zero-order valence-electron chi connectivity index (χ0n) is 11.4. The van der Waals surface area contributed by atoms with E-state index in [0.717, 1.165) is 5.57 Å². The molecule has 0 radical (unpaired) electrons. The second-order valence-corrected chi connectivity index (χ2v) is 3.81. The Bertz CT molecular complexity index is 517. The quantitative estimate of drug-likeness (QED) is 0.652. The highest BCUT2D eigenvalue weighted by Gasteiger charge is 2.04. The van der Waals surface area contributed by atoms with E-state index >= 15 is 0 Å². The molecule has 4 heteroatoms. The summed E-state index contributed by atoms with van der Waals surface area (Å²) in [5, 5.41) is 2.51. The summed E-state index contributed by atoms with van der Waals surface area (Å²) in [7, 11) is 1.56. The van der Waals surface area contributed by atoms with Gasteiger partial charge in [0.15, 0.2) is 0 Å². The lowest BCUT2D eigenvalue weighted by Gasteiger charge is -2.02. The summed E-state index contributed by atoms with van der Waals surface area (Å²) in [5.41, 5.74) is 1.46. The fourth-order valence-electron chi connectivity index (χ4n) is 1.36. The minimum absolute atomic E-state index is 0.238. The summed E-state index contributed by atoms with van der Waals surface area (Å²) in [6, 6.07) is 3.28. The third-order valence-electron chi connectivity index (χ3n) is 2.26. The highest BCUT2D eigenvalue weighted by atomic mass is 16.5. The topological polar surface area (TPSA) is 51.2 Å². The van der Waals surface area contributed by atoms with E-state index in [9.17, 15) is 4.79 Å². The van der Waals surface area contributed by atoms with Crippen molar-refractivity contribution in [3.8, 4) is 5.75 Å². The van der Waals surface area contributed by atoms with Crippen LogP contribution in [0.25, 0.3) is 0 Å². The number of amides is 1. The van der Waals surface area contributed by atoms with Crippen molar-refractivity contribution >= 4 is 5.91 Å². The second-order valence-electron chi connectivity index (χ2n) is 3.81. The summed E-state index contributed by atoms with van der Waals surface area (Å²) < 4.78 is 5.40. The third kappa shape index (κ3) is 5.21. The van der Waals surface area contributed by atoms with Gasteiger partial charge < -0.3 is 10.1 Å². The number of nitrogens with one attached hydrogen (secondary N) is 1. The van der Waals surface area contributed by atoms with Crippen LogP contribution < -0.4 is 10.1 Å². The van der Waals surface area contributed by atoms with Crippen molar-refractivity contribution in [3.05, 3.63) is 60.2 Å². The molecule has 1 aromatic rings. The zero-order chi connectivity index (χ0) is 14.1. The van der Waals surface area contributed by atoms with E-state index in [0.29, 0.717) is 11.4 Å². The van der Waals surface area contributed by atoms with Gasteiger partial charge in [-0.3, -0.25) is 9.78 Å². The summed E-state index contributed by atoms with van der Waals surface area (Å²) in [4.78, 5) is 15.3. The molecule has 4 nitrogen and oxygen atoms in total. The van der Waals surface area contributed by atoms with Gasteiger partial charge in [0.25, 0.3) is 5.91 Å². The summed E-state index contributed by atoms with van der Waals surface area (Å²) >= 11 is 0. The molecule has 0 saturated heterocycles. The van der Waals surface area contributed by atoms with Gasteiger partial charge in [-0.1, -0.05) is 23.8 Å². The second kappa shape index (κ2) is 7.87. The Morgan fingerprint density at radius 3 is 2.95 bits per heavy atom. The monoisotopic (exact) mass is 258 g/mol. The van der Waals surface area contributed by atoms with Crippen LogP contribution in [0.15, 0.2) is 54.5 Å². The van der Waals surface area contributed by atoms with E-state index in [4.69, 9.17) is 4.74 Å².